The van der Waals surface area contributed by atoms with Crippen LogP contribution in [-0.4, -0.2) is 28.9 Å². The lowest BCUT2D eigenvalue weighted by Crippen LogP contribution is -2.47. The summed E-state index contributed by atoms with van der Waals surface area (Å²) in [6, 6.07) is 0. The third-order valence-corrected chi connectivity index (χ3v) is 4.64. The lowest BCUT2D eigenvalue weighted by Gasteiger charge is -2.40. The Bertz CT molecular complexity index is 309. The van der Waals surface area contributed by atoms with Gasteiger partial charge in [-0.1, -0.05) is 45.8 Å². The van der Waals surface area contributed by atoms with Crippen LogP contribution in [0.1, 0.15) is 52.9 Å². The summed E-state index contributed by atoms with van der Waals surface area (Å²) < 4.78 is 0. The molecule has 1 aliphatic rings. The number of piperidine rings is 1. The number of hydrogen-bond acceptors (Lipinski definition) is 2. The highest BCUT2D eigenvalue weighted by atomic mass is 32.1. The van der Waals surface area contributed by atoms with Gasteiger partial charge in [-0.05, 0) is 24.7 Å². The number of hydrogen-bond donors (Lipinski definition) is 1. The summed E-state index contributed by atoms with van der Waals surface area (Å²) in [5.41, 5.74) is 6.10. The maximum absolute atomic E-state index is 12.4. The number of nitrogens with two attached hydrogens (primary N) is 1. The molecule has 0 bridgehead atoms. The third kappa shape index (κ3) is 3.67. The molecule has 18 heavy (non-hydrogen) atoms. The molecule has 3 nitrogen and oxygen atoms in total. The van der Waals surface area contributed by atoms with Crippen molar-refractivity contribution in [3.63, 3.8) is 0 Å². The molecule has 0 aromatic carbocycles. The van der Waals surface area contributed by atoms with Crippen LogP contribution in [0.3, 0.4) is 0 Å². The second-order valence-corrected chi connectivity index (χ2v) is 6.20. The zero-order valence-corrected chi connectivity index (χ0v) is 12.7. The average Bonchev–Trinajstić information content (AvgIpc) is 2.36. The molecule has 0 aromatic heterocycles. The summed E-state index contributed by atoms with van der Waals surface area (Å²) in [5.74, 6) is -0.113. The lowest BCUT2D eigenvalue weighted by molar-refractivity contribution is -0.135. The quantitative estimate of drug-likeness (QED) is 0.781. The minimum atomic E-state index is -0.254. The predicted octanol–water partition coefficient (Wildman–Crippen LogP) is 2.73. The molecule has 104 valence electrons. The number of nitrogens with zero attached hydrogens (tertiary/aromatic N) is 1. The van der Waals surface area contributed by atoms with Crippen LogP contribution in [0, 0.1) is 11.3 Å². The standard InChI is InChI=1S/C14H26N2OS/c1-4-6-11(12(15)18)13(17)16-9-7-14(3,5-2)8-10-16/h11H,4-10H2,1-3H3,(H2,15,18). The van der Waals surface area contributed by atoms with Gasteiger partial charge < -0.3 is 10.6 Å². The molecular weight excluding hydrogens is 244 g/mol. The van der Waals surface area contributed by atoms with Gasteiger partial charge in [0, 0.05) is 13.1 Å². The Morgan fingerprint density at radius 2 is 1.94 bits per heavy atom. The van der Waals surface area contributed by atoms with Crippen molar-refractivity contribution in [2.75, 3.05) is 13.1 Å². The van der Waals surface area contributed by atoms with Gasteiger partial charge in [0.25, 0.3) is 0 Å². The molecule has 2 N–H and O–H groups in total. The van der Waals surface area contributed by atoms with Gasteiger partial charge in [-0.15, -0.1) is 0 Å². The summed E-state index contributed by atoms with van der Waals surface area (Å²) in [4.78, 5) is 14.7. The number of thiocarbonyl (C=S) groups is 1. The second-order valence-electron chi connectivity index (χ2n) is 5.73. The monoisotopic (exact) mass is 270 g/mol. The van der Waals surface area contributed by atoms with E-state index >= 15 is 0 Å². The smallest absolute Gasteiger partial charge is 0.232 e. The van der Waals surface area contributed by atoms with E-state index in [1.807, 2.05) is 4.90 Å². The van der Waals surface area contributed by atoms with Gasteiger partial charge >= 0.3 is 0 Å². The molecule has 1 rings (SSSR count). The summed E-state index contributed by atoms with van der Waals surface area (Å²) in [7, 11) is 0. The number of carbonyl (C=O) groups is 1. The van der Waals surface area contributed by atoms with Crippen LogP contribution < -0.4 is 5.73 Å². The first kappa shape index (κ1) is 15.4. The maximum atomic E-state index is 12.4. The molecular formula is C14H26N2OS. The third-order valence-electron chi connectivity index (χ3n) is 4.35. The summed E-state index contributed by atoms with van der Waals surface area (Å²) in [5, 5.41) is 0. The Morgan fingerprint density at radius 3 is 2.33 bits per heavy atom. The van der Waals surface area contributed by atoms with Gasteiger partial charge in [-0.2, -0.15) is 0 Å². The molecule has 0 aromatic rings. The van der Waals surface area contributed by atoms with E-state index in [9.17, 15) is 4.79 Å². The van der Waals surface area contributed by atoms with Crippen LogP contribution in [0.2, 0.25) is 0 Å². The lowest BCUT2D eigenvalue weighted by atomic mass is 9.78. The second kappa shape index (κ2) is 6.50. The van der Waals surface area contributed by atoms with Crippen molar-refractivity contribution >= 4 is 23.1 Å². The first-order valence-electron chi connectivity index (χ1n) is 7.01. The molecule has 0 aliphatic carbocycles. The Morgan fingerprint density at radius 1 is 1.39 bits per heavy atom. The van der Waals surface area contributed by atoms with Crippen molar-refractivity contribution < 1.29 is 4.79 Å². The normalized spacial score (nSPS) is 20.5. The van der Waals surface area contributed by atoms with E-state index < -0.39 is 0 Å². The summed E-state index contributed by atoms with van der Waals surface area (Å²) >= 11 is 5.03. The first-order chi connectivity index (χ1) is 8.43. The van der Waals surface area contributed by atoms with E-state index in [0.717, 1.165) is 38.8 Å². The van der Waals surface area contributed by atoms with E-state index in [1.165, 1.54) is 6.42 Å². The fraction of sp³-hybridized carbons (Fsp3) is 0.857. The fourth-order valence-electron chi connectivity index (χ4n) is 2.52. The van der Waals surface area contributed by atoms with E-state index in [2.05, 4.69) is 20.8 Å². The van der Waals surface area contributed by atoms with Crippen LogP contribution in [-0.2, 0) is 4.79 Å². The molecule has 1 amide bonds. The van der Waals surface area contributed by atoms with Gasteiger partial charge in [-0.3, -0.25) is 4.79 Å². The largest absolute Gasteiger partial charge is 0.393 e. The van der Waals surface area contributed by atoms with E-state index in [4.69, 9.17) is 18.0 Å². The van der Waals surface area contributed by atoms with Crippen molar-refractivity contribution in [2.45, 2.75) is 52.9 Å². The van der Waals surface area contributed by atoms with Crippen molar-refractivity contribution in [1.82, 2.24) is 4.90 Å². The van der Waals surface area contributed by atoms with Crippen molar-refractivity contribution in [3.05, 3.63) is 0 Å². The summed E-state index contributed by atoms with van der Waals surface area (Å²) in [6.07, 6.45) is 5.07. The van der Waals surface area contributed by atoms with Crippen LogP contribution in [0.5, 0.6) is 0 Å². The van der Waals surface area contributed by atoms with Gasteiger partial charge in [0.15, 0.2) is 0 Å². The molecule has 1 fully saturated rings. The molecule has 1 unspecified atom stereocenters. The Hall–Kier alpha value is -0.640. The van der Waals surface area contributed by atoms with E-state index in [1.54, 1.807) is 0 Å². The molecule has 1 saturated heterocycles. The van der Waals surface area contributed by atoms with Gasteiger partial charge in [0.05, 0.1) is 10.9 Å². The fourth-order valence-corrected chi connectivity index (χ4v) is 2.74. The minimum Gasteiger partial charge on any atom is -0.393 e. The number of carbonyl (C=O) groups excluding carboxylic acids is 1. The van der Waals surface area contributed by atoms with Crippen LogP contribution >= 0.6 is 12.2 Å². The SMILES string of the molecule is CCCC(C(=O)N1CCC(C)(CC)CC1)C(N)=S. The van der Waals surface area contributed by atoms with Crippen LogP contribution in [0.15, 0.2) is 0 Å². The molecule has 0 spiro atoms. The average molecular weight is 270 g/mol. The number of likely N-dealkylation sites (tertiary alicyclic amines) is 1. The molecule has 4 heteroatoms. The molecule has 1 aliphatic heterocycles. The molecule has 1 atom stereocenters. The number of amides is 1. The van der Waals surface area contributed by atoms with Crippen molar-refractivity contribution in [1.29, 1.82) is 0 Å². The number of rotatable bonds is 5. The zero-order valence-electron chi connectivity index (χ0n) is 11.9. The Kier molecular flexibility index (Phi) is 5.57. The van der Waals surface area contributed by atoms with E-state index in [-0.39, 0.29) is 11.8 Å². The minimum absolute atomic E-state index is 0.141. The van der Waals surface area contributed by atoms with Crippen LogP contribution in [0.25, 0.3) is 0 Å². The topological polar surface area (TPSA) is 46.3 Å². The Labute approximate surface area is 116 Å². The first-order valence-corrected chi connectivity index (χ1v) is 7.42. The zero-order chi connectivity index (χ0) is 13.8. The van der Waals surface area contributed by atoms with Crippen LogP contribution in [0.4, 0.5) is 0 Å². The highest BCUT2D eigenvalue weighted by Gasteiger charge is 2.33. The highest BCUT2D eigenvalue weighted by Crippen LogP contribution is 2.34. The summed E-state index contributed by atoms with van der Waals surface area (Å²) in [6.45, 7) is 8.30. The van der Waals surface area contributed by atoms with Gasteiger partial charge in [0.2, 0.25) is 5.91 Å². The molecule has 0 radical (unpaired) electrons. The van der Waals surface area contributed by atoms with Crippen molar-refractivity contribution in [3.8, 4) is 0 Å². The Balaban J connectivity index is 2.60. The van der Waals surface area contributed by atoms with E-state index in [0.29, 0.717) is 10.4 Å². The maximum Gasteiger partial charge on any atom is 0.232 e. The van der Waals surface area contributed by atoms with Gasteiger partial charge in [-0.25, -0.2) is 0 Å². The highest BCUT2D eigenvalue weighted by molar-refractivity contribution is 7.80. The van der Waals surface area contributed by atoms with Crippen molar-refractivity contribution in [2.24, 2.45) is 17.1 Å². The predicted molar refractivity (Wildman–Crippen MR) is 79.4 cm³/mol. The molecule has 0 saturated carbocycles. The van der Waals surface area contributed by atoms with Gasteiger partial charge in [0.1, 0.15) is 0 Å². The molecule has 1 heterocycles.